The molecule has 0 saturated carbocycles. The predicted molar refractivity (Wildman–Crippen MR) is 103 cm³/mol. The summed E-state index contributed by atoms with van der Waals surface area (Å²) in [7, 11) is 4.39. The molecule has 0 spiro atoms. The van der Waals surface area contributed by atoms with E-state index in [1.165, 1.54) is 33.5 Å². The van der Waals surface area contributed by atoms with Crippen LogP contribution in [0, 0.1) is 4.77 Å². The number of aromatic amines is 1. The Balaban J connectivity index is 1.97. The average molecular weight is 409 g/mol. The van der Waals surface area contributed by atoms with E-state index >= 15 is 0 Å². The number of methoxy groups -OCH3 is 3. The number of carbonyl (C=O) groups excluding carboxylic acids is 2. The molecule has 2 amide bonds. The molecule has 0 atom stereocenters. The lowest BCUT2D eigenvalue weighted by atomic mass is 10.1. The van der Waals surface area contributed by atoms with E-state index in [1.807, 2.05) is 6.92 Å². The zero-order chi connectivity index (χ0) is 20.7. The number of rotatable bonds is 9. The number of amides is 2. The molecule has 2 rings (SSSR count). The van der Waals surface area contributed by atoms with Crippen molar-refractivity contribution in [3.63, 3.8) is 0 Å². The van der Waals surface area contributed by atoms with Crippen LogP contribution in [-0.2, 0) is 17.9 Å². The van der Waals surface area contributed by atoms with Gasteiger partial charge in [-0.05, 0) is 31.3 Å². The van der Waals surface area contributed by atoms with Crippen LogP contribution in [0.5, 0.6) is 17.2 Å². The zero-order valence-corrected chi connectivity index (χ0v) is 16.9. The fourth-order valence-corrected chi connectivity index (χ4v) is 2.81. The average Bonchev–Trinajstić information content (AvgIpc) is 3.08. The number of nitrogens with one attached hydrogen (secondary N) is 3. The second-order valence-electron chi connectivity index (χ2n) is 5.56. The molecule has 2 aromatic rings. The van der Waals surface area contributed by atoms with E-state index < -0.39 is 5.91 Å². The molecule has 28 heavy (non-hydrogen) atoms. The largest absolute Gasteiger partial charge is 0.493 e. The van der Waals surface area contributed by atoms with Crippen molar-refractivity contribution < 1.29 is 23.8 Å². The Bertz CT molecular complexity index is 883. The predicted octanol–water partition coefficient (Wildman–Crippen LogP) is 1.03. The van der Waals surface area contributed by atoms with Crippen molar-refractivity contribution in [2.45, 2.75) is 20.0 Å². The van der Waals surface area contributed by atoms with Gasteiger partial charge in [-0.15, -0.1) is 0 Å². The van der Waals surface area contributed by atoms with Crippen molar-refractivity contribution in [2.24, 2.45) is 0 Å². The van der Waals surface area contributed by atoms with E-state index in [1.54, 1.807) is 4.57 Å². The van der Waals surface area contributed by atoms with E-state index in [-0.39, 0.29) is 24.6 Å². The van der Waals surface area contributed by atoms with Gasteiger partial charge in [0.2, 0.25) is 11.7 Å². The lowest BCUT2D eigenvalue weighted by Crippen LogP contribution is -2.37. The normalized spacial score (nSPS) is 10.3. The van der Waals surface area contributed by atoms with Gasteiger partial charge in [0.05, 0.1) is 34.4 Å². The van der Waals surface area contributed by atoms with Crippen LogP contribution in [0.3, 0.4) is 0 Å². The Hall–Kier alpha value is -3.08. The molecule has 0 saturated heterocycles. The molecular weight excluding hydrogens is 386 g/mol. The van der Waals surface area contributed by atoms with Crippen LogP contribution in [0.15, 0.2) is 12.1 Å². The number of hydrogen-bond acceptors (Lipinski definition) is 7. The van der Waals surface area contributed by atoms with E-state index in [4.69, 9.17) is 26.4 Å². The van der Waals surface area contributed by atoms with E-state index in [0.29, 0.717) is 34.4 Å². The van der Waals surface area contributed by atoms with E-state index in [0.717, 1.165) is 0 Å². The minimum Gasteiger partial charge on any atom is -0.493 e. The van der Waals surface area contributed by atoms with E-state index in [2.05, 4.69) is 20.8 Å². The standard InChI is InChI=1S/C17H23N5O5S/c1-5-22-13(20-21-17(22)28)8-18-14(23)9-19-16(24)10-6-11(25-2)15(27-4)12(7-10)26-3/h6-7H,5,8-9H2,1-4H3,(H,18,23)(H,19,24)(H,21,28). The Morgan fingerprint density at radius 2 is 1.79 bits per heavy atom. The molecule has 0 aliphatic carbocycles. The van der Waals surface area contributed by atoms with Gasteiger partial charge in [0.15, 0.2) is 22.1 Å². The first-order chi connectivity index (χ1) is 13.4. The summed E-state index contributed by atoms with van der Waals surface area (Å²) >= 11 is 5.10. The molecule has 3 N–H and O–H groups in total. The second kappa shape index (κ2) is 9.74. The van der Waals surface area contributed by atoms with Crippen LogP contribution < -0.4 is 24.8 Å². The molecule has 1 heterocycles. The van der Waals surface area contributed by atoms with Gasteiger partial charge >= 0.3 is 0 Å². The first-order valence-corrected chi connectivity index (χ1v) is 8.84. The molecule has 0 fully saturated rings. The molecule has 10 nitrogen and oxygen atoms in total. The van der Waals surface area contributed by atoms with Crippen molar-refractivity contribution in [2.75, 3.05) is 27.9 Å². The molecule has 0 radical (unpaired) electrons. The highest BCUT2D eigenvalue weighted by Crippen LogP contribution is 2.38. The SMILES string of the molecule is CCn1c(CNC(=O)CNC(=O)c2cc(OC)c(OC)c(OC)c2)n[nH]c1=S. The summed E-state index contributed by atoms with van der Waals surface area (Å²) in [6.45, 7) is 2.55. The Kier molecular flexibility index (Phi) is 7.38. The van der Waals surface area contributed by atoms with Gasteiger partial charge in [-0.1, -0.05) is 0 Å². The maximum atomic E-state index is 12.4. The number of carbonyl (C=O) groups is 2. The molecule has 152 valence electrons. The minimum absolute atomic E-state index is 0.194. The lowest BCUT2D eigenvalue weighted by Gasteiger charge is -2.14. The summed E-state index contributed by atoms with van der Waals surface area (Å²) in [6, 6.07) is 3.02. The Morgan fingerprint density at radius 3 is 2.32 bits per heavy atom. The highest BCUT2D eigenvalue weighted by atomic mass is 32.1. The lowest BCUT2D eigenvalue weighted by molar-refractivity contribution is -0.120. The summed E-state index contributed by atoms with van der Waals surface area (Å²) in [5.41, 5.74) is 0.272. The van der Waals surface area contributed by atoms with Gasteiger partial charge in [-0.25, -0.2) is 0 Å². The number of ether oxygens (including phenoxy) is 3. The second-order valence-corrected chi connectivity index (χ2v) is 5.95. The summed E-state index contributed by atoms with van der Waals surface area (Å²) in [6.07, 6.45) is 0. The summed E-state index contributed by atoms with van der Waals surface area (Å²) in [5.74, 6) is 0.862. The van der Waals surface area contributed by atoms with Crippen LogP contribution in [0.2, 0.25) is 0 Å². The van der Waals surface area contributed by atoms with Gasteiger partial charge < -0.3 is 29.4 Å². The van der Waals surface area contributed by atoms with Crippen molar-refractivity contribution in [1.29, 1.82) is 0 Å². The van der Waals surface area contributed by atoms with Crippen LogP contribution >= 0.6 is 12.2 Å². The number of H-pyrrole nitrogens is 1. The maximum Gasteiger partial charge on any atom is 0.251 e. The third kappa shape index (κ3) is 4.80. The molecular formula is C17H23N5O5S. The number of aromatic nitrogens is 3. The minimum atomic E-state index is -0.453. The van der Waals surface area contributed by atoms with Gasteiger partial charge in [-0.3, -0.25) is 14.7 Å². The Morgan fingerprint density at radius 1 is 1.14 bits per heavy atom. The third-order valence-electron chi connectivity index (χ3n) is 3.93. The van der Waals surface area contributed by atoms with Gasteiger partial charge in [0.1, 0.15) is 0 Å². The summed E-state index contributed by atoms with van der Waals surface area (Å²) in [5, 5.41) is 12.0. The summed E-state index contributed by atoms with van der Waals surface area (Å²) < 4.78 is 17.9. The van der Waals surface area contributed by atoms with Gasteiger partial charge in [-0.2, -0.15) is 5.10 Å². The molecule has 0 aliphatic heterocycles. The molecule has 0 bridgehead atoms. The topological polar surface area (TPSA) is 120 Å². The first-order valence-electron chi connectivity index (χ1n) is 8.44. The highest BCUT2D eigenvalue weighted by Gasteiger charge is 2.17. The maximum absolute atomic E-state index is 12.4. The molecule has 11 heteroatoms. The monoisotopic (exact) mass is 409 g/mol. The molecule has 0 aliphatic rings. The van der Waals surface area contributed by atoms with E-state index in [9.17, 15) is 9.59 Å². The smallest absolute Gasteiger partial charge is 0.251 e. The molecule has 1 aromatic heterocycles. The van der Waals surface area contributed by atoms with Crippen LogP contribution in [0.4, 0.5) is 0 Å². The number of hydrogen-bond donors (Lipinski definition) is 3. The Labute approximate surface area is 167 Å². The van der Waals surface area contributed by atoms with Crippen molar-refractivity contribution in [3.8, 4) is 17.2 Å². The fourth-order valence-electron chi connectivity index (χ4n) is 2.53. The number of nitrogens with zero attached hydrogens (tertiary/aromatic N) is 2. The quantitative estimate of drug-likeness (QED) is 0.529. The van der Waals surface area contributed by atoms with Gasteiger partial charge in [0.25, 0.3) is 5.91 Å². The van der Waals surface area contributed by atoms with Crippen LogP contribution in [0.25, 0.3) is 0 Å². The highest BCUT2D eigenvalue weighted by molar-refractivity contribution is 7.71. The number of benzene rings is 1. The third-order valence-corrected chi connectivity index (χ3v) is 4.25. The molecule has 0 unspecified atom stereocenters. The van der Waals surface area contributed by atoms with Crippen LogP contribution in [-0.4, -0.2) is 54.5 Å². The van der Waals surface area contributed by atoms with Crippen molar-refractivity contribution >= 4 is 24.0 Å². The first kappa shape index (κ1) is 21.2. The van der Waals surface area contributed by atoms with Gasteiger partial charge in [0, 0.05) is 12.1 Å². The fraction of sp³-hybridized carbons (Fsp3) is 0.412. The van der Waals surface area contributed by atoms with Crippen LogP contribution in [0.1, 0.15) is 23.1 Å². The van der Waals surface area contributed by atoms with Crippen molar-refractivity contribution in [1.82, 2.24) is 25.4 Å². The zero-order valence-electron chi connectivity index (χ0n) is 16.1. The van der Waals surface area contributed by atoms with Crippen molar-refractivity contribution in [3.05, 3.63) is 28.3 Å². The molecule has 1 aromatic carbocycles. The summed E-state index contributed by atoms with van der Waals surface area (Å²) in [4.78, 5) is 24.4.